The number of hydrogen-bond acceptors (Lipinski definition) is 7. The van der Waals surface area contributed by atoms with E-state index in [1.54, 1.807) is 0 Å². The summed E-state index contributed by atoms with van der Waals surface area (Å²) in [7, 11) is -2.25. The summed E-state index contributed by atoms with van der Waals surface area (Å²) in [5.41, 5.74) is -0.667. The molecule has 0 aliphatic heterocycles. The maximum atomic E-state index is 11.6. The van der Waals surface area contributed by atoms with Gasteiger partial charge in [0, 0.05) is 6.07 Å². The van der Waals surface area contributed by atoms with Gasteiger partial charge in [-0.15, -0.1) is 0 Å². The van der Waals surface area contributed by atoms with E-state index in [-0.39, 0.29) is 23.0 Å². The van der Waals surface area contributed by atoms with Gasteiger partial charge in [-0.25, -0.2) is 0 Å². The molecule has 0 saturated carbocycles. The fraction of sp³-hybridized carbons (Fsp3) is 0.733. The first-order chi connectivity index (χ1) is 18.8. The highest BCUT2D eigenvalue weighted by Gasteiger charge is 2.40. The summed E-state index contributed by atoms with van der Waals surface area (Å²) in [6, 6.07) is 2.80. The number of hydrogen-bond donors (Lipinski definition) is 2. The van der Waals surface area contributed by atoms with Crippen LogP contribution in [0.15, 0.2) is 30.4 Å². The zero-order chi connectivity index (χ0) is 30.2. The number of nitrogens with one attached hydrogen (secondary N) is 1. The van der Waals surface area contributed by atoms with E-state index < -0.39 is 36.0 Å². The van der Waals surface area contributed by atoms with Gasteiger partial charge in [-0.3, -0.25) is 20.2 Å². The summed E-state index contributed by atoms with van der Waals surface area (Å²) in [6.45, 7) is 12.6. The first kappa shape index (κ1) is 35.7. The number of aliphatic hydroxyl groups is 1. The van der Waals surface area contributed by atoms with Gasteiger partial charge in [0.1, 0.15) is 5.69 Å². The fourth-order valence-corrected chi connectivity index (χ4v) is 5.54. The number of unbranched alkanes of at least 4 members (excludes halogenated alkanes) is 11. The molecule has 228 valence electrons. The van der Waals surface area contributed by atoms with E-state index in [1.165, 1.54) is 76.3 Å². The van der Waals surface area contributed by atoms with Crippen LogP contribution in [-0.2, 0) is 4.43 Å². The van der Waals surface area contributed by atoms with E-state index in [1.807, 2.05) is 6.08 Å². The third-order valence-electron chi connectivity index (χ3n) is 7.86. The smallest absolute Gasteiger partial charge is 0.299 e. The van der Waals surface area contributed by atoms with Crippen molar-refractivity contribution in [3.05, 3.63) is 50.6 Å². The SMILES string of the molecule is CCCCCCCCCCCCCC=C[C@@H](O[Si](C)(C)C(C)(C)C)[C@H](CO)Nc1ccc([N+](=O)[O-])cc1[N+](=O)[O-]. The van der Waals surface area contributed by atoms with Crippen LogP contribution in [0.1, 0.15) is 105 Å². The van der Waals surface area contributed by atoms with Crippen LogP contribution in [0.2, 0.25) is 18.1 Å². The summed E-state index contributed by atoms with van der Waals surface area (Å²) in [5, 5.41) is 36.0. The van der Waals surface area contributed by atoms with E-state index in [9.17, 15) is 25.3 Å². The minimum atomic E-state index is -2.25. The molecule has 2 atom stereocenters. The predicted molar refractivity (Wildman–Crippen MR) is 167 cm³/mol. The van der Waals surface area contributed by atoms with E-state index >= 15 is 0 Å². The molecule has 2 N–H and O–H groups in total. The van der Waals surface area contributed by atoms with Crippen molar-refractivity contribution in [3.63, 3.8) is 0 Å². The highest BCUT2D eigenvalue weighted by atomic mass is 28.4. The third kappa shape index (κ3) is 12.9. The number of anilines is 1. The van der Waals surface area contributed by atoms with Gasteiger partial charge in [-0.05, 0) is 37.0 Å². The number of allylic oxidation sites excluding steroid dienone is 1. The summed E-state index contributed by atoms with van der Waals surface area (Å²) < 4.78 is 6.65. The van der Waals surface area contributed by atoms with Gasteiger partial charge >= 0.3 is 0 Å². The number of nitrogens with zero attached hydrogens (tertiary/aromatic N) is 2. The molecule has 0 fully saturated rings. The van der Waals surface area contributed by atoms with Gasteiger partial charge in [0.2, 0.25) is 0 Å². The van der Waals surface area contributed by atoms with Gasteiger partial charge < -0.3 is 14.8 Å². The number of rotatable bonds is 21. The molecule has 0 heterocycles. The second kappa shape index (κ2) is 18.2. The van der Waals surface area contributed by atoms with Crippen molar-refractivity contribution in [2.75, 3.05) is 11.9 Å². The lowest BCUT2D eigenvalue weighted by Gasteiger charge is -2.40. The molecule has 0 aromatic heterocycles. The van der Waals surface area contributed by atoms with Crippen LogP contribution in [0, 0.1) is 20.2 Å². The van der Waals surface area contributed by atoms with Crippen LogP contribution in [0.3, 0.4) is 0 Å². The van der Waals surface area contributed by atoms with Crippen molar-refractivity contribution >= 4 is 25.4 Å². The fourth-order valence-electron chi connectivity index (χ4n) is 4.27. The monoisotopic (exact) mass is 579 g/mol. The summed E-state index contributed by atoms with van der Waals surface area (Å²) in [5.74, 6) is 0. The van der Waals surface area contributed by atoms with Crippen LogP contribution in [-0.4, -0.2) is 42.0 Å². The molecule has 0 unspecified atom stereocenters. The van der Waals surface area contributed by atoms with E-state index in [0.717, 1.165) is 18.9 Å². The summed E-state index contributed by atoms with van der Waals surface area (Å²) >= 11 is 0. The zero-order valence-electron chi connectivity index (χ0n) is 25.6. The number of benzene rings is 1. The Kier molecular flexibility index (Phi) is 16.2. The van der Waals surface area contributed by atoms with Crippen LogP contribution in [0.25, 0.3) is 0 Å². The van der Waals surface area contributed by atoms with Crippen molar-refractivity contribution in [2.45, 2.75) is 135 Å². The van der Waals surface area contributed by atoms with Gasteiger partial charge in [-0.2, -0.15) is 0 Å². The molecule has 1 aromatic rings. The largest absolute Gasteiger partial charge is 0.408 e. The molecule has 1 aromatic carbocycles. The van der Waals surface area contributed by atoms with Crippen LogP contribution in [0.4, 0.5) is 17.1 Å². The molecule has 0 radical (unpaired) electrons. The van der Waals surface area contributed by atoms with Crippen molar-refractivity contribution in [1.82, 2.24) is 0 Å². The lowest BCUT2D eigenvalue weighted by Crippen LogP contribution is -2.49. The standard InChI is InChI=1S/C30H53N3O6Si/c1-7-8-9-10-11-12-13-14-15-16-17-18-19-20-29(39-40(5,6)30(2,3)4)27(24-34)31-26-22-21-25(32(35)36)23-28(26)33(37)38/h19-23,27,29,31,34H,7-18,24H2,1-6H3/t27-,29+/m0/s1. The Labute approximate surface area is 242 Å². The lowest BCUT2D eigenvalue weighted by molar-refractivity contribution is -0.393. The predicted octanol–water partition coefficient (Wildman–Crippen LogP) is 8.92. The quantitative estimate of drug-likeness (QED) is 0.0489. The Morgan fingerprint density at radius 1 is 0.950 bits per heavy atom. The Balaban J connectivity index is 2.83. The van der Waals surface area contributed by atoms with Crippen LogP contribution in [0.5, 0.6) is 0 Å². The van der Waals surface area contributed by atoms with Crippen molar-refractivity contribution in [2.24, 2.45) is 0 Å². The highest BCUT2D eigenvalue weighted by molar-refractivity contribution is 6.74. The molecular formula is C30H53N3O6Si. The molecular weight excluding hydrogens is 526 g/mol. The second-order valence-corrected chi connectivity index (χ2v) is 17.0. The minimum Gasteiger partial charge on any atom is -0.408 e. The first-order valence-electron chi connectivity index (χ1n) is 15.0. The van der Waals surface area contributed by atoms with Gasteiger partial charge in [-0.1, -0.05) is 104 Å². The van der Waals surface area contributed by atoms with Gasteiger partial charge in [0.25, 0.3) is 11.4 Å². The molecule has 0 aliphatic carbocycles. The first-order valence-corrected chi connectivity index (χ1v) is 17.9. The molecule has 0 saturated heterocycles. The molecule has 0 bridgehead atoms. The van der Waals surface area contributed by atoms with Gasteiger partial charge in [0.15, 0.2) is 8.32 Å². The molecule has 0 spiro atoms. The van der Waals surface area contributed by atoms with Crippen molar-refractivity contribution in [3.8, 4) is 0 Å². The van der Waals surface area contributed by atoms with Crippen molar-refractivity contribution < 1.29 is 19.4 Å². The average molecular weight is 580 g/mol. The lowest BCUT2D eigenvalue weighted by atomic mass is 10.0. The maximum Gasteiger partial charge on any atom is 0.299 e. The van der Waals surface area contributed by atoms with Crippen LogP contribution >= 0.6 is 0 Å². The molecule has 40 heavy (non-hydrogen) atoms. The third-order valence-corrected chi connectivity index (χ3v) is 12.3. The van der Waals surface area contributed by atoms with E-state index in [2.05, 4.69) is 52.2 Å². The summed E-state index contributed by atoms with van der Waals surface area (Å²) in [6.07, 6.45) is 18.5. The highest BCUT2D eigenvalue weighted by Crippen LogP contribution is 2.38. The number of non-ortho nitro benzene ring substituents is 1. The molecule has 0 amide bonds. The van der Waals surface area contributed by atoms with Crippen molar-refractivity contribution in [1.29, 1.82) is 0 Å². The Bertz CT molecular complexity index is 933. The average Bonchev–Trinajstić information content (AvgIpc) is 2.88. The number of nitro benzene ring substituents is 2. The maximum absolute atomic E-state index is 11.6. The topological polar surface area (TPSA) is 128 Å². The molecule has 9 nitrogen and oxygen atoms in total. The molecule has 10 heteroatoms. The number of aliphatic hydroxyl groups excluding tert-OH is 1. The van der Waals surface area contributed by atoms with E-state index in [4.69, 9.17) is 4.43 Å². The summed E-state index contributed by atoms with van der Waals surface area (Å²) in [4.78, 5) is 21.5. The Hall–Kier alpha value is -2.30. The van der Waals surface area contributed by atoms with Crippen LogP contribution < -0.4 is 5.32 Å². The number of nitro groups is 2. The normalized spacial score (nSPS) is 13.9. The van der Waals surface area contributed by atoms with Gasteiger partial charge in [0.05, 0.1) is 34.7 Å². The molecule has 0 aliphatic rings. The Morgan fingerprint density at radius 2 is 1.50 bits per heavy atom. The van der Waals surface area contributed by atoms with E-state index in [0.29, 0.717) is 0 Å². The minimum absolute atomic E-state index is 0.0749. The zero-order valence-corrected chi connectivity index (χ0v) is 26.6. The second-order valence-electron chi connectivity index (χ2n) is 12.2. The Morgan fingerprint density at radius 3 is 1.98 bits per heavy atom. The molecule has 1 rings (SSSR count).